The smallest absolute Gasteiger partial charge is 0.0488 e. The Morgan fingerprint density at radius 3 is 2.42 bits per heavy atom. The highest BCUT2D eigenvalue weighted by Crippen LogP contribution is 2.40. The van der Waals surface area contributed by atoms with E-state index in [1.165, 1.54) is 18.4 Å². The first kappa shape index (κ1) is 7.77. The van der Waals surface area contributed by atoms with Gasteiger partial charge in [-0.05, 0) is 24.3 Å². The fourth-order valence-electron chi connectivity index (χ4n) is 1.59. The molecule has 1 atom stereocenters. The lowest BCUT2D eigenvalue weighted by molar-refractivity contribution is 0.497. The SMILES string of the molecule is NNC(c1ccccc1)C1CC1. The van der Waals surface area contributed by atoms with Gasteiger partial charge in [-0.2, -0.15) is 0 Å². The van der Waals surface area contributed by atoms with Gasteiger partial charge in [-0.1, -0.05) is 30.3 Å². The third-order valence-corrected chi connectivity index (χ3v) is 2.43. The summed E-state index contributed by atoms with van der Waals surface area (Å²) >= 11 is 0. The number of rotatable bonds is 3. The second-order valence-electron chi connectivity index (χ2n) is 3.39. The van der Waals surface area contributed by atoms with Crippen molar-refractivity contribution < 1.29 is 0 Å². The molecule has 1 aromatic rings. The van der Waals surface area contributed by atoms with Gasteiger partial charge in [0.25, 0.3) is 0 Å². The molecule has 0 spiro atoms. The summed E-state index contributed by atoms with van der Waals surface area (Å²) in [6, 6.07) is 10.8. The molecule has 1 fully saturated rings. The van der Waals surface area contributed by atoms with Crippen molar-refractivity contribution in [2.24, 2.45) is 11.8 Å². The average molecular weight is 162 g/mol. The fourth-order valence-corrected chi connectivity index (χ4v) is 1.59. The highest BCUT2D eigenvalue weighted by atomic mass is 15.2. The molecule has 0 aromatic heterocycles. The van der Waals surface area contributed by atoms with Crippen molar-refractivity contribution in [3.63, 3.8) is 0 Å². The van der Waals surface area contributed by atoms with Gasteiger partial charge in [0.1, 0.15) is 0 Å². The maximum Gasteiger partial charge on any atom is 0.0488 e. The van der Waals surface area contributed by atoms with Gasteiger partial charge in [0.05, 0.1) is 0 Å². The molecule has 2 rings (SSSR count). The van der Waals surface area contributed by atoms with Crippen LogP contribution in [0.15, 0.2) is 30.3 Å². The first-order valence-electron chi connectivity index (χ1n) is 4.43. The van der Waals surface area contributed by atoms with E-state index in [0.717, 1.165) is 5.92 Å². The monoisotopic (exact) mass is 162 g/mol. The van der Waals surface area contributed by atoms with Crippen LogP contribution in [0.3, 0.4) is 0 Å². The number of hydrogen-bond acceptors (Lipinski definition) is 2. The average Bonchev–Trinajstić information content (AvgIpc) is 2.92. The summed E-state index contributed by atoms with van der Waals surface area (Å²) in [5.41, 5.74) is 4.19. The van der Waals surface area contributed by atoms with E-state index in [0.29, 0.717) is 6.04 Å². The summed E-state index contributed by atoms with van der Waals surface area (Å²) < 4.78 is 0. The highest BCUT2D eigenvalue weighted by Gasteiger charge is 2.31. The standard InChI is InChI=1S/C10H14N2/c11-12-10(9-6-7-9)8-4-2-1-3-5-8/h1-5,9-10,12H,6-7,11H2. The van der Waals surface area contributed by atoms with Gasteiger partial charge >= 0.3 is 0 Å². The summed E-state index contributed by atoms with van der Waals surface area (Å²) in [4.78, 5) is 0. The van der Waals surface area contributed by atoms with E-state index < -0.39 is 0 Å². The van der Waals surface area contributed by atoms with Gasteiger partial charge in [-0.3, -0.25) is 11.3 Å². The minimum absolute atomic E-state index is 0.367. The Bertz CT molecular complexity index is 241. The van der Waals surface area contributed by atoms with Crippen LogP contribution >= 0.6 is 0 Å². The van der Waals surface area contributed by atoms with Gasteiger partial charge in [-0.15, -0.1) is 0 Å². The Kier molecular flexibility index (Phi) is 2.11. The first-order chi connectivity index (χ1) is 5.92. The lowest BCUT2D eigenvalue weighted by atomic mass is 10.0. The van der Waals surface area contributed by atoms with Crippen LogP contribution in [0.4, 0.5) is 0 Å². The van der Waals surface area contributed by atoms with Gasteiger partial charge < -0.3 is 0 Å². The van der Waals surface area contributed by atoms with Crippen molar-refractivity contribution in [2.75, 3.05) is 0 Å². The normalized spacial score (nSPS) is 19.1. The number of nitrogens with one attached hydrogen (secondary N) is 1. The van der Waals surface area contributed by atoms with E-state index in [1.54, 1.807) is 0 Å². The van der Waals surface area contributed by atoms with Gasteiger partial charge in [0.15, 0.2) is 0 Å². The van der Waals surface area contributed by atoms with E-state index in [1.807, 2.05) is 6.07 Å². The molecular weight excluding hydrogens is 148 g/mol. The zero-order chi connectivity index (χ0) is 8.39. The molecule has 0 amide bonds. The molecule has 0 aliphatic heterocycles. The maximum atomic E-state index is 5.50. The molecule has 2 heteroatoms. The van der Waals surface area contributed by atoms with Crippen LogP contribution in [0.5, 0.6) is 0 Å². The number of benzene rings is 1. The lowest BCUT2D eigenvalue weighted by Gasteiger charge is -2.14. The van der Waals surface area contributed by atoms with Gasteiger partial charge in [0.2, 0.25) is 0 Å². The molecule has 0 saturated heterocycles. The summed E-state index contributed by atoms with van der Waals surface area (Å²) in [5.74, 6) is 6.26. The predicted molar refractivity (Wildman–Crippen MR) is 49.2 cm³/mol. The maximum absolute atomic E-state index is 5.50. The number of hydrogen-bond donors (Lipinski definition) is 2. The number of hydrazine groups is 1. The van der Waals surface area contributed by atoms with Crippen LogP contribution in [0.25, 0.3) is 0 Å². The Morgan fingerprint density at radius 2 is 1.92 bits per heavy atom. The Morgan fingerprint density at radius 1 is 1.25 bits per heavy atom. The molecule has 0 radical (unpaired) electrons. The van der Waals surface area contributed by atoms with Crippen LogP contribution in [0.1, 0.15) is 24.4 Å². The molecule has 1 aliphatic rings. The van der Waals surface area contributed by atoms with Crippen molar-refractivity contribution in [2.45, 2.75) is 18.9 Å². The molecule has 64 valence electrons. The molecule has 0 bridgehead atoms. The van der Waals surface area contributed by atoms with Crippen molar-refractivity contribution in [3.8, 4) is 0 Å². The van der Waals surface area contributed by atoms with Crippen molar-refractivity contribution >= 4 is 0 Å². The van der Waals surface area contributed by atoms with Crippen LogP contribution in [0, 0.1) is 5.92 Å². The molecule has 2 nitrogen and oxygen atoms in total. The third kappa shape index (κ3) is 1.49. The summed E-state index contributed by atoms with van der Waals surface area (Å²) in [6.07, 6.45) is 2.62. The van der Waals surface area contributed by atoms with Crippen molar-refractivity contribution in [3.05, 3.63) is 35.9 Å². The minimum atomic E-state index is 0.367. The fraction of sp³-hybridized carbons (Fsp3) is 0.400. The third-order valence-electron chi connectivity index (χ3n) is 2.43. The van der Waals surface area contributed by atoms with E-state index >= 15 is 0 Å². The first-order valence-corrected chi connectivity index (χ1v) is 4.43. The van der Waals surface area contributed by atoms with E-state index in [-0.39, 0.29) is 0 Å². The summed E-state index contributed by atoms with van der Waals surface area (Å²) in [5, 5.41) is 0. The molecule has 1 aromatic carbocycles. The molecule has 1 aliphatic carbocycles. The quantitative estimate of drug-likeness (QED) is 0.523. The van der Waals surface area contributed by atoms with Gasteiger partial charge in [0, 0.05) is 6.04 Å². The molecule has 1 unspecified atom stereocenters. The van der Waals surface area contributed by atoms with Gasteiger partial charge in [-0.25, -0.2) is 0 Å². The van der Waals surface area contributed by atoms with E-state index in [9.17, 15) is 0 Å². The Hall–Kier alpha value is -0.860. The Balaban J connectivity index is 2.15. The van der Waals surface area contributed by atoms with Crippen LogP contribution in [-0.4, -0.2) is 0 Å². The molecule has 3 N–H and O–H groups in total. The molecule has 12 heavy (non-hydrogen) atoms. The minimum Gasteiger partial charge on any atom is -0.271 e. The second kappa shape index (κ2) is 3.25. The Labute approximate surface area is 72.7 Å². The van der Waals surface area contributed by atoms with Crippen molar-refractivity contribution in [1.29, 1.82) is 0 Å². The van der Waals surface area contributed by atoms with Crippen LogP contribution in [0.2, 0.25) is 0 Å². The lowest BCUT2D eigenvalue weighted by Crippen LogP contribution is -2.29. The van der Waals surface area contributed by atoms with E-state index in [4.69, 9.17) is 5.84 Å². The van der Waals surface area contributed by atoms with Crippen LogP contribution < -0.4 is 11.3 Å². The summed E-state index contributed by atoms with van der Waals surface area (Å²) in [6.45, 7) is 0. The van der Waals surface area contributed by atoms with Crippen LogP contribution in [-0.2, 0) is 0 Å². The molecule has 0 heterocycles. The molecule has 1 saturated carbocycles. The predicted octanol–water partition coefficient (Wildman–Crippen LogP) is 1.60. The summed E-state index contributed by atoms with van der Waals surface area (Å²) in [7, 11) is 0. The highest BCUT2D eigenvalue weighted by molar-refractivity contribution is 5.20. The van der Waals surface area contributed by atoms with Crippen molar-refractivity contribution in [1.82, 2.24) is 5.43 Å². The zero-order valence-corrected chi connectivity index (χ0v) is 7.03. The largest absolute Gasteiger partial charge is 0.271 e. The second-order valence-corrected chi connectivity index (χ2v) is 3.39. The topological polar surface area (TPSA) is 38.0 Å². The number of nitrogens with two attached hydrogens (primary N) is 1. The molecular formula is C10H14N2. The zero-order valence-electron chi connectivity index (χ0n) is 7.03. The van der Waals surface area contributed by atoms with E-state index in [2.05, 4.69) is 29.7 Å².